The zero-order valence-electron chi connectivity index (χ0n) is 17.7. The van der Waals surface area contributed by atoms with Crippen LogP contribution in [0.25, 0.3) is 0 Å². The van der Waals surface area contributed by atoms with Crippen molar-refractivity contribution in [1.82, 2.24) is 9.97 Å². The van der Waals surface area contributed by atoms with Crippen LogP contribution in [0.4, 0.5) is 17.5 Å². The number of fused-ring (bicyclic) bond motifs is 1. The Bertz CT molecular complexity index is 1050. The van der Waals surface area contributed by atoms with Crippen LogP contribution in [0.1, 0.15) is 50.5 Å². The monoisotopic (exact) mass is 425 g/mol. The predicted octanol–water partition coefficient (Wildman–Crippen LogP) is 2.61. The molecule has 2 unspecified atom stereocenters. The fourth-order valence-electron chi connectivity index (χ4n) is 4.35. The highest BCUT2D eigenvalue weighted by Crippen LogP contribution is 2.32. The predicted molar refractivity (Wildman–Crippen MR) is 118 cm³/mol. The van der Waals surface area contributed by atoms with Gasteiger partial charge in [-0.25, -0.2) is 0 Å². The molecule has 1 fully saturated rings. The first-order valence-corrected chi connectivity index (χ1v) is 10.7. The summed E-state index contributed by atoms with van der Waals surface area (Å²) in [4.78, 5) is 47.9. The molecule has 0 radical (unpaired) electrons. The topological polar surface area (TPSA) is 116 Å². The van der Waals surface area contributed by atoms with Gasteiger partial charge in [0.25, 0.3) is 5.56 Å². The van der Waals surface area contributed by atoms with E-state index in [0.29, 0.717) is 23.4 Å². The highest BCUT2D eigenvalue weighted by atomic mass is 16.5. The minimum absolute atomic E-state index is 0.117. The van der Waals surface area contributed by atoms with E-state index in [9.17, 15) is 14.4 Å². The maximum Gasteiger partial charge on any atom is 0.258 e. The average Bonchev–Trinajstić information content (AvgIpc) is 2.78. The van der Waals surface area contributed by atoms with Crippen LogP contribution in [0.5, 0.6) is 5.75 Å². The van der Waals surface area contributed by atoms with E-state index in [1.807, 2.05) is 0 Å². The summed E-state index contributed by atoms with van der Waals surface area (Å²) < 4.78 is 5.18. The number of amides is 2. The Morgan fingerprint density at radius 3 is 2.94 bits per heavy atom. The molecule has 164 valence electrons. The normalized spacial score (nSPS) is 20.6. The van der Waals surface area contributed by atoms with Crippen molar-refractivity contribution in [2.75, 3.05) is 29.2 Å². The molecule has 2 aliphatic rings. The summed E-state index contributed by atoms with van der Waals surface area (Å²) in [6, 6.07) is 7.20. The summed E-state index contributed by atoms with van der Waals surface area (Å²) in [6.45, 7) is 2.91. The van der Waals surface area contributed by atoms with Gasteiger partial charge < -0.3 is 20.3 Å². The van der Waals surface area contributed by atoms with Crippen molar-refractivity contribution < 1.29 is 14.3 Å². The summed E-state index contributed by atoms with van der Waals surface area (Å²) in [5.74, 6) is -0.494. The van der Waals surface area contributed by atoms with Crippen LogP contribution in [-0.2, 0) is 9.59 Å². The maximum atomic E-state index is 13.0. The molecule has 2 amide bonds. The first-order chi connectivity index (χ1) is 15.0. The van der Waals surface area contributed by atoms with E-state index >= 15 is 0 Å². The van der Waals surface area contributed by atoms with E-state index in [4.69, 9.17) is 4.74 Å². The van der Waals surface area contributed by atoms with Crippen molar-refractivity contribution in [3.05, 3.63) is 40.2 Å². The van der Waals surface area contributed by atoms with Gasteiger partial charge >= 0.3 is 0 Å². The molecule has 31 heavy (non-hydrogen) atoms. The van der Waals surface area contributed by atoms with Crippen molar-refractivity contribution >= 4 is 29.3 Å². The Balaban J connectivity index is 1.65. The highest BCUT2D eigenvalue weighted by molar-refractivity contribution is 6.04. The SMILES string of the molecule is CCC1CCCCN1c1nc2c(c(=O)[nH]1)C(C(=O)Nc1cccc(OC)c1)CC(=O)N2. The zero-order valence-corrected chi connectivity index (χ0v) is 17.7. The van der Waals surface area contributed by atoms with Crippen LogP contribution in [0, 0.1) is 0 Å². The quantitative estimate of drug-likeness (QED) is 0.678. The lowest BCUT2D eigenvalue weighted by Gasteiger charge is -2.36. The molecule has 9 nitrogen and oxygen atoms in total. The van der Waals surface area contributed by atoms with Crippen LogP contribution in [0.2, 0.25) is 0 Å². The summed E-state index contributed by atoms with van der Waals surface area (Å²) in [5.41, 5.74) is 0.317. The van der Waals surface area contributed by atoms with Crippen LogP contribution in [0.3, 0.4) is 0 Å². The molecule has 4 rings (SSSR count). The van der Waals surface area contributed by atoms with E-state index < -0.39 is 17.4 Å². The summed E-state index contributed by atoms with van der Waals surface area (Å²) in [6.07, 6.45) is 4.03. The van der Waals surface area contributed by atoms with Crippen molar-refractivity contribution in [3.8, 4) is 5.75 Å². The van der Waals surface area contributed by atoms with E-state index in [2.05, 4.69) is 32.4 Å². The van der Waals surface area contributed by atoms with Gasteiger partial charge in [-0.1, -0.05) is 13.0 Å². The molecule has 2 aliphatic heterocycles. The van der Waals surface area contributed by atoms with E-state index in [0.717, 1.165) is 32.2 Å². The molecule has 9 heteroatoms. The molecule has 0 saturated carbocycles. The molecule has 3 heterocycles. The number of piperidine rings is 1. The number of anilines is 3. The van der Waals surface area contributed by atoms with Gasteiger partial charge in [0.2, 0.25) is 17.8 Å². The molecule has 0 aliphatic carbocycles. The highest BCUT2D eigenvalue weighted by Gasteiger charge is 2.35. The molecule has 2 atom stereocenters. The molecule has 1 aromatic heterocycles. The van der Waals surface area contributed by atoms with Crippen LogP contribution < -0.4 is 25.8 Å². The van der Waals surface area contributed by atoms with E-state index in [-0.39, 0.29) is 23.7 Å². The number of rotatable bonds is 5. The van der Waals surface area contributed by atoms with Crippen molar-refractivity contribution in [2.45, 2.75) is 51.0 Å². The van der Waals surface area contributed by atoms with Gasteiger partial charge in [0.15, 0.2) is 0 Å². The molecule has 0 spiro atoms. The summed E-state index contributed by atoms with van der Waals surface area (Å²) >= 11 is 0. The molecule has 3 N–H and O–H groups in total. The fourth-order valence-corrected chi connectivity index (χ4v) is 4.35. The molecule has 0 bridgehead atoms. The number of carbonyl (C=O) groups excluding carboxylic acids is 2. The van der Waals surface area contributed by atoms with E-state index in [1.165, 1.54) is 7.11 Å². The number of benzene rings is 1. The lowest BCUT2D eigenvalue weighted by atomic mass is 9.92. The number of ether oxygens (including phenoxy) is 1. The largest absolute Gasteiger partial charge is 0.497 e. The van der Waals surface area contributed by atoms with Gasteiger partial charge in [0, 0.05) is 30.8 Å². The second kappa shape index (κ2) is 8.79. The number of aromatic amines is 1. The minimum Gasteiger partial charge on any atom is -0.497 e. The van der Waals surface area contributed by atoms with E-state index in [1.54, 1.807) is 24.3 Å². The van der Waals surface area contributed by atoms with Crippen LogP contribution in [0.15, 0.2) is 29.1 Å². The first-order valence-electron chi connectivity index (χ1n) is 10.7. The van der Waals surface area contributed by atoms with Crippen LogP contribution >= 0.6 is 0 Å². The number of carbonyl (C=O) groups is 2. The molecule has 1 saturated heterocycles. The third kappa shape index (κ3) is 4.26. The Kier molecular flexibility index (Phi) is 5.92. The lowest BCUT2D eigenvalue weighted by molar-refractivity contribution is -0.123. The van der Waals surface area contributed by atoms with Gasteiger partial charge in [-0.05, 0) is 37.8 Å². The van der Waals surface area contributed by atoms with Crippen LogP contribution in [-0.4, -0.2) is 41.5 Å². The Morgan fingerprint density at radius 1 is 1.32 bits per heavy atom. The number of methoxy groups -OCH3 is 1. The fraction of sp³-hybridized carbons (Fsp3) is 0.455. The Morgan fingerprint density at radius 2 is 2.16 bits per heavy atom. The van der Waals surface area contributed by atoms with Gasteiger partial charge in [0.1, 0.15) is 11.6 Å². The molecule has 1 aromatic carbocycles. The van der Waals surface area contributed by atoms with Crippen molar-refractivity contribution in [3.63, 3.8) is 0 Å². The standard InChI is InChI=1S/C22H27N5O4/c1-3-14-8-4-5-10-27(14)22-25-19-18(21(30)26-22)16(12-17(28)24-19)20(29)23-13-7-6-9-15(11-13)31-2/h6-7,9,11,14,16H,3-5,8,10,12H2,1-2H3,(H,23,29)(H2,24,25,26,28,30). The number of nitrogens with zero attached hydrogens (tertiary/aromatic N) is 2. The maximum absolute atomic E-state index is 13.0. The van der Waals surface area contributed by atoms with Gasteiger partial charge in [-0.15, -0.1) is 0 Å². The van der Waals surface area contributed by atoms with Gasteiger partial charge in [-0.3, -0.25) is 19.4 Å². The van der Waals surface area contributed by atoms with Crippen molar-refractivity contribution in [2.24, 2.45) is 0 Å². The number of H-pyrrole nitrogens is 1. The minimum atomic E-state index is -0.927. The van der Waals surface area contributed by atoms with Gasteiger partial charge in [-0.2, -0.15) is 4.98 Å². The Hall–Kier alpha value is -3.36. The summed E-state index contributed by atoms with van der Waals surface area (Å²) in [7, 11) is 1.54. The Labute approximate surface area is 180 Å². The average molecular weight is 425 g/mol. The second-order valence-electron chi connectivity index (χ2n) is 7.93. The smallest absolute Gasteiger partial charge is 0.258 e. The number of aromatic nitrogens is 2. The number of hydrogen-bond acceptors (Lipinski definition) is 6. The van der Waals surface area contributed by atoms with Crippen molar-refractivity contribution in [1.29, 1.82) is 0 Å². The molecular formula is C22H27N5O4. The van der Waals surface area contributed by atoms with Gasteiger partial charge in [0.05, 0.1) is 18.6 Å². The molecule has 2 aromatic rings. The third-order valence-electron chi connectivity index (χ3n) is 5.96. The molecular weight excluding hydrogens is 398 g/mol. The second-order valence-corrected chi connectivity index (χ2v) is 7.93. The zero-order chi connectivity index (χ0) is 22.0. The summed E-state index contributed by atoms with van der Waals surface area (Å²) in [5, 5.41) is 5.46. The number of nitrogens with one attached hydrogen (secondary N) is 3. The number of hydrogen-bond donors (Lipinski definition) is 3. The third-order valence-corrected chi connectivity index (χ3v) is 5.96. The first kappa shape index (κ1) is 20.9. The lowest BCUT2D eigenvalue weighted by Crippen LogP contribution is -2.43.